The van der Waals surface area contributed by atoms with Gasteiger partial charge in [0.05, 0.1) is 12.7 Å². The fourth-order valence-electron chi connectivity index (χ4n) is 1.49. The minimum Gasteiger partial charge on any atom is -0.475 e. The summed E-state index contributed by atoms with van der Waals surface area (Å²) < 4.78 is 10.7. The molecular weight excluding hydrogens is 218 g/mol. The summed E-state index contributed by atoms with van der Waals surface area (Å²) in [5, 5.41) is 3.19. The summed E-state index contributed by atoms with van der Waals surface area (Å²) in [5.74, 6) is 0.622. The van der Waals surface area contributed by atoms with Crippen molar-refractivity contribution >= 4 is 0 Å². The van der Waals surface area contributed by atoms with Crippen LogP contribution in [0.15, 0.2) is 12.4 Å². The molecule has 0 aromatic carbocycles. The molecule has 1 aromatic heterocycles. The molecule has 0 saturated heterocycles. The zero-order valence-electron chi connectivity index (χ0n) is 10.9. The van der Waals surface area contributed by atoms with Crippen molar-refractivity contribution in [3.63, 3.8) is 0 Å². The smallest absolute Gasteiger partial charge is 0.216 e. The first-order chi connectivity index (χ1) is 8.15. The number of hydrogen-bond acceptors (Lipinski definition) is 5. The highest BCUT2D eigenvalue weighted by molar-refractivity contribution is 5.14. The van der Waals surface area contributed by atoms with E-state index in [4.69, 9.17) is 9.47 Å². The molecule has 0 aliphatic carbocycles. The number of nitrogens with one attached hydrogen (secondary N) is 1. The van der Waals surface area contributed by atoms with Gasteiger partial charge in [-0.1, -0.05) is 0 Å². The molecule has 0 radical (unpaired) electrons. The summed E-state index contributed by atoms with van der Waals surface area (Å²) in [7, 11) is 3.61. The lowest BCUT2D eigenvalue weighted by Gasteiger charge is -2.15. The summed E-state index contributed by atoms with van der Waals surface area (Å²) in [4.78, 5) is 8.30. The number of aromatic nitrogens is 2. The highest BCUT2D eigenvalue weighted by Gasteiger charge is 2.09. The van der Waals surface area contributed by atoms with Crippen LogP contribution in [0.5, 0.6) is 5.88 Å². The maximum Gasteiger partial charge on any atom is 0.216 e. The minimum atomic E-state index is 0.122. The quantitative estimate of drug-likeness (QED) is 0.770. The van der Waals surface area contributed by atoms with Gasteiger partial charge in [0.25, 0.3) is 0 Å². The SMILES string of the molecule is CNC(COC)Cc1cc(OC(C)C)ncn1. The van der Waals surface area contributed by atoms with Gasteiger partial charge in [0, 0.05) is 31.3 Å². The lowest BCUT2D eigenvalue weighted by molar-refractivity contribution is 0.169. The van der Waals surface area contributed by atoms with Gasteiger partial charge in [-0.05, 0) is 20.9 Å². The lowest BCUT2D eigenvalue weighted by Crippen LogP contribution is -2.32. The molecule has 0 aliphatic heterocycles. The molecule has 1 N–H and O–H groups in total. The molecule has 0 amide bonds. The van der Waals surface area contributed by atoms with Gasteiger partial charge in [0.2, 0.25) is 5.88 Å². The van der Waals surface area contributed by atoms with Crippen LogP contribution in [0.2, 0.25) is 0 Å². The van der Waals surface area contributed by atoms with Crippen LogP contribution < -0.4 is 10.1 Å². The van der Waals surface area contributed by atoms with Crippen molar-refractivity contribution in [2.75, 3.05) is 20.8 Å². The largest absolute Gasteiger partial charge is 0.475 e. The number of nitrogens with zero attached hydrogens (tertiary/aromatic N) is 2. The number of methoxy groups -OCH3 is 1. The molecule has 0 aliphatic rings. The maximum atomic E-state index is 5.53. The highest BCUT2D eigenvalue weighted by atomic mass is 16.5. The monoisotopic (exact) mass is 239 g/mol. The Balaban J connectivity index is 2.63. The van der Waals surface area contributed by atoms with E-state index in [-0.39, 0.29) is 12.1 Å². The molecule has 1 rings (SSSR count). The molecule has 96 valence electrons. The third-order valence-electron chi connectivity index (χ3n) is 2.29. The topological polar surface area (TPSA) is 56.3 Å². The molecule has 0 spiro atoms. The second-order valence-electron chi connectivity index (χ2n) is 4.16. The third-order valence-corrected chi connectivity index (χ3v) is 2.29. The highest BCUT2D eigenvalue weighted by Crippen LogP contribution is 2.10. The molecule has 1 unspecified atom stereocenters. The fourth-order valence-corrected chi connectivity index (χ4v) is 1.49. The molecule has 1 heterocycles. The first-order valence-electron chi connectivity index (χ1n) is 5.79. The van der Waals surface area contributed by atoms with Crippen molar-refractivity contribution in [2.45, 2.75) is 32.4 Å². The Labute approximate surface area is 103 Å². The Morgan fingerprint density at radius 1 is 1.35 bits per heavy atom. The summed E-state index contributed by atoms with van der Waals surface area (Å²) in [6, 6.07) is 2.13. The van der Waals surface area contributed by atoms with E-state index in [1.54, 1.807) is 7.11 Å². The van der Waals surface area contributed by atoms with Gasteiger partial charge in [-0.3, -0.25) is 0 Å². The van der Waals surface area contributed by atoms with Crippen molar-refractivity contribution in [2.24, 2.45) is 0 Å². The molecule has 1 aromatic rings. The second kappa shape index (κ2) is 7.19. The normalized spacial score (nSPS) is 12.8. The van der Waals surface area contributed by atoms with E-state index < -0.39 is 0 Å². The minimum absolute atomic E-state index is 0.122. The average molecular weight is 239 g/mol. The molecule has 0 fully saturated rings. The van der Waals surface area contributed by atoms with Crippen LogP contribution in [-0.4, -0.2) is 42.9 Å². The van der Waals surface area contributed by atoms with Crippen molar-refractivity contribution in [1.82, 2.24) is 15.3 Å². The van der Waals surface area contributed by atoms with Gasteiger partial charge in [-0.2, -0.15) is 0 Å². The number of hydrogen-bond donors (Lipinski definition) is 1. The maximum absolute atomic E-state index is 5.53. The van der Waals surface area contributed by atoms with E-state index in [0.717, 1.165) is 12.1 Å². The molecule has 5 nitrogen and oxygen atoms in total. The zero-order chi connectivity index (χ0) is 12.7. The van der Waals surface area contributed by atoms with Gasteiger partial charge >= 0.3 is 0 Å². The number of rotatable bonds is 7. The van der Waals surface area contributed by atoms with E-state index >= 15 is 0 Å². The van der Waals surface area contributed by atoms with Gasteiger partial charge in [-0.25, -0.2) is 9.97 Å². The van der Waals surface area contributed by atoms with Crippen molar-refractivity contribution in [1.29, 1.82) is 0 Å². The van der Waals surface area contributed by atoms with Gasteiger partial charge < -0.3 is 14.8 Å². The van der Waals surface area contributed by atoms with Gasteiger partial charge in [0.1, 0.15) is 6.33 Å². The van der Waals surface area contributed by atoms with Crippen LogP contribution >= 0.6 is 0 Å². The summed E-state index contributed by atoms with van der Waals surface area (Å²) >= 11 is 0. The molecule has 0 bridgehead atoms. The molecule has 1 atom stereocenters. The standard InChI is InChI=1S/C12H21N3O2/c1-9(2)17-12-6-10(14-8-15-12)5-11(13-3)7-16-4/h6,8-9,11,13H,5,7H2,1-4H3. The number of likely N-dealkylation sites (N-methyl/N-ethyl adjacent to an activating group) is 1. The second-order valence-corrected chi connectivity index (χ2v) is 4.16. The van der Waals surface area contributed by atoms with Crippen molar-refractivity contribution in [3.8, 4) is 5.88 Å². The Hall–Kier alpha value is -1.20. The average Bonchev–Trinajstić information content (AvgIpc) is 2.28. The molecular formula is C12H21N3O2. The van der Waals surface area contributed by atoms with E-state index in [9.17, 15) is 0 Å². The van der Waals surface area contributed by atoms with Crippen molar-refractivity contribution in [3.05, 3.63) is 18.1 Å². The van der Waals surface area contributed by atoms with E-state index in [1.807, 2.05) is 27.0 Å². The summed E-state index contributed by atoms with van der Waals surface area (Å²) in [6.45, 7) is 4.60. The van der Waals surface area contributed by atoms with Crippen LogP contribution in [-0.2, 0) is 11.2 Å². The van der Waals surface area contributed by atoms with Crippen LogP contribution in [0.25, 0.3) is 0 Å². The summed E-state index contributed by atoms with van der Waals surface area (Å²) in [6.07, 6.45) is 2.45. The molecule has 0 saturated carbocycles. The zero-order valence-corrected chi connectivity index (χ0v) is 10.9. The van der Waals surface area contributed by atoms with Gasteiger partial charge in [0.15, 0.2) is 0 Å². The summed E-state index contributed by atoms with van der Waals surface area (Å²) in [5.41, 5.74) is 0.951. The van der Waals surface area contributed by atoms with E-state index in [2.05, 4.69) is 15.3 Å². The number of ether oxygens (including phenoxy) is 2. The predicted molar refractivity (Wildman–Crippen MR) is 66.2 cm³/mol. The first kappa shape index (κ1) is 13.9. The Bertz CT molecular complexity index is 331. The third kappa shape index (κ3) is 5.10. The molecule has 17 heavy (non-hydrogen) atoms. The van der Waals surface area contributed by atoms with Crippen LogP contribution in [0, 0.1) is 0 Å². The lowest BCUT2D eigenvalue weighted by atomic mass is 10.1. The predicted octanol–water partition coefficient (Wildman–Crippen LogP) is 1.04. The molecule has 5 heteroatoms. The van der Waals surface area contributed by atoms with Gasteiger partial charge in [-0.15, -0.1) is 0 Å². The van der Waals surface area contributed by atoms with E-state index in [1.165, 1.54) is 6.33 Å². The Morgan fingerprint density at radius 3 is 2.71 bits per heavy atom. The van der Waals surface area contributed by atoms with E-state index in [0.29, 0.717) is 12.5 Å². The van der Waals surface area contributed by atoms with Crippen LogP contribution in [0.1, 0.15) is 19.5 Å². The Kier molecular flexibility index (Phi) is 5.86. The Morgan fingerprint density at radius 2 is 2.12 bits per heavy atom. The first-order valence-corrected chi connectivity index (χ1v) is 5.79. The van der Waals surface area contributed by atoms with Crippen LogP contribution in [0.3, 0.4) is 0 Å². The van der Waals surface area contributed by atoms with Crippen LogP contribution in [0.4, 0.5) is 0 Å². The van der Waals surface area contributed by atoms with Crippen molar-refractivity contribution < 1.29 is 9.47 Å². The fraction of sp³-hybridized carbons (Fsp3) is 0.667.